The fourth-order valence-corrected chi connectivity index (χ4v) is 6.55. The van der Waals surface area contributed by atoms with Gasteiger partial charge < -0.3 is 5.11 Å². The maximum absolute atomic E-state index is 11.3. The molecule has 2 aromatic rings. The summed E-state index contributed by atoms with van der Waals surface area (Å²) >= 11 is 3.82. The molecular formula is C19H22OS2. The number of thioether (sulfide) groups is 2. The van der Waals surface area contributed by atoms with E-state index < -0.39 is 6.10 Å². The number of benzene rings is 2. The first-order valence-electron chi connectivity index (χ1n) is 7.80. The molecule has 2 atom stereocenters. The Kier molecular flexibility index (Phi) is 5.17. The van der Waals surface area contributed by atoms with Gasteiger partial charge in [0.2, 0.25) is 0 Å². The van der Waals surface area contributed by atoms with Crippen LogP contribution in [0.5, 0.6) is 0 Å². The summed E-state index contributed by atoms with van der Waals surface area (Å²) in [6, 6.07) is 20.9. The summed E-state index contributed by atoms with van der Waals surface area (Å²) in [7, 11) is 0. The van der Waals surface area contributed by atoms with Crippen molar-refractivity contribution in [3.8, 4) is 0 Å². The Morgan fingerprint density at radius 1 is 0.909 bits per heavy atom. The topological polar surface area (TPSA) is 20.2 Å². The molecule has 0 aromatic heterocycles. The highest BCUT2D eigenvalue weighted by Crippen LogP contribution is 2.55. The van der Waals surface area contributed by atoms with Crippen molar-refractivity contribution in [1.82, 2.24) is 0 Å². The van der Waals surface area contributed by atoms with Crippen LogP contribution in [0.3, 0.4) is 0 Å². The van der Waals surface area contributed by atoms with Crippen molar-refractivity contribution >= 4 is 23.5 Å². The molecule has 1 fully saturated rings. The van der Waals surface area contributed by atoms with Crippen molar-refractivity contribution in [2.45, 2.75) is 29.4 Å². The molecule has 22 heavy (non-hydrogen) atoms. The maximum Gasteiger partial charge on any atom is 0.113 e. The van der Waals surface area contributed by atoms with Crippen LogP contribution in [-0.4, -0.2) is 22.7 Å². The van der Waals surface area contributed by atoms with Crippen LogP contribution in [0.4, 0.5) is 0 Å². The molecular weight excluding hydrogens is 308 g/mol. The molecule has 0 saturated carbocycles. The fourth-order valence-electron chi connectivity index (χ4n) is 2.99. The standard InChI is InChI=1S/C19H22OS2/c1-15(16-9-4-2-5-10-16)18(20)19(21-13-8-14-22-19)17-11-6-3-7-12-17/h2-7,9-12,15,18,20H,8,13-14H2,1H3/t15-,18?/m0/s1. The SMILES string of the molecule is C[C@@H](c1ccccc1)C(O)C1(c2ccccc2)SCCCS1. The molecule has 1 heterocycles. The van der Waals surface area contributed by atoms with E-state index in [-0.39, 0.29) is 10.00 Å². The molecule has 3 rings (SSSR count). The van der Waals surface area contributed by atoms with Gasteiger partial charge in [-0.2, -0.15) is 0 Å². The first kappa shape index (κ1) is 16.0. The van der Waals surface area contributed by atoms with Crippen LogP contribution in [0.2, 0.25) is 0 Å². The molecule has 3 heteroatoms. The predicted octanol–water partition coefficient (Wildman–Crippen LogP) is 4.87. The van der Waals surface area contributed by atoms with Gasteiger partial charge in [0.05, 0.1) is 6.10 Å². The number of aliphatic hydroxyl groups excluding tert-OH is 1. The molecule has 0 amide bonds. The molecule has 1 aliphatic heterocycles. The molecule has 1 saturated heterocycles. The van der Waals surface area contributed by atoms with E-state index in [4.69, 9.17) is 0 Å². The Bertz CT molecular complexity index is 579. The summed E-state index contributed by atoms with van der Waals surface area (Å²) in [6.45, 7) is 2.14. The van der Waals surface area contributed by atoms with Gasteiger partial charge in [-0.3, -0.25) is 0 Å². The molecule has 116 valence electrons. The fraction of sp³-hybridized carbons (Fsp3) is 0.368. The minimum absolute atomic E-state index is 0.111. The molecule has 1 nitrogen and oxygen atoms in total. The van der Waals surface area contributed by atoms with Gasteiger partial charge >= 0.3 is 0 Å². The predicted molar refractivity (Wildman–Crippen MR) is 98.5 cm³/mol. The van der Waals surface area contributed by atoms with Crippen molar-refractivity contribution in [1.29, 1.82) is 0 Å². The van der Waals surface area contributed by atoms with Crippen LogP contribution in [-0.2, 0) is 4.08 Å². The lowest BCUT2D eigenvalue weighted by Crippen LogP contribution is -2.39. The minimum Gasteiger partial charge on any atom is -0.390 e. The highest BCUT2D eigenvalue weighted by Gasteiger charge is 2.45. The Morgan fingerprint density at radius 2 is 1.45 bits per heavy atom. The van der Waals surface area contributed by atoms with Crippen LogP contribution in [0.15, 0.2) is 60.7 Å². The molecule has 1 unspecified atom stereocenters. The van der Waals surface area contributed by atoms with Gasteiger partial charge in [-0.25, -0.2) is 0 Å². The normalized spacial score (nSPS) is 20.3. The Morgan fingerprint density at radius 3 is 2.05 bits per heavy atom. The van der Waals surface area contributed by atoms with Crippen molar-refractivity contribution in [2.75, 3.05) is 11.5 Å². The summed E-state index contributed by atoms with van der Waals surface area (Å²) in [5.41, 5.74) is 2.44. The highest BCUT2D eigenvalue weighted by atomic mass is 32.2. The second-order valence-corrected chi connectivity index (χ2v) is 8.67. The average Bonchev–Trinajstić information content (AvgIpc) is 2.62. The van der Waals surface area contributed by atoms with E-state index in [0.29, 0.717) is 0 Å². The van der Waals surface area contributed by atoms with Crippen molar-refractivity contribution in [2.24, 2.45) is 0 Å². The third-order valence-electron chi connectivity index (χ3n) is 4.29. The molecule has 0 spiro atoms. The van der Waals surface area contributed by atoms with Crippen LogP contribution in [0.1, 0.15) is 30.4 Å². The molecule has 0 radical (unpaired) electrons. The van der Waals surface area contributed by atoms with Gasteiger partial charge in [0.25, 0.3) is 0 Å². The molecule has 1 N–H and O–H groups in total. The summed E-state index contributed by atoms with van der Waals surface area (Å²) in [5.74, 6) is 2.33. The monoisotopic (exact) mass is 330 g/mol. The maximum atomic E-state index is 11.3. The summed E-state index contributed by atoms with van der Waals surface area (Å²) in [6.07, 6.45) is 0.809. The first-order valence-corrected chi connectivity index (χ1v) is 9.77. The molecule has 0 bridgehead atoms. The van der Waals surface area contributed by atoms with E-state index in [1.54, 1.807) is 0 Å². The van der Waals surface area contributed by atoms with Crippen LogP contribution in [0.25, 0.3) is 0 Å². The zero-order chi connectivity index (χ0) is 15.4. The number of aliphatic hydroxyl groups is 1. The number of hydrogen-bond donors (Lipinski definition) is 1. The second kappa shape index (κ2) is 7.12. The van der Waals surface area contributed by atoms with Crippen molar-refractivity contribution in [3.05, 3.63) is 71.8 Å². The van der Waals surface area contributed by atoms with Crippen molar-refractivity contribution in [3.63, 3.8) is 0 Å². The lowest BCUT2D eigenvalue weighted by Gasteiger charge is -2.42. The molecule has 1 aliphatic rings. The van der Waals surface area contributed by atoms with E-state index in [9.17, 15) is 5.11 Å². The summed E-state index contributed by atoms with van der Waals surface area (Å²) in [4.78, 5) is 0. The van der Waals surface area contributed by atoms with E-state index in [1.165, 1.54) is 17.5 Å². The smallest absolute Gasteiger partial charge is 0.113 e. The van der Waals surface area contributed by atoms with Crippen molar-refractivity contribution < 1.29 is 5.11 Å². The van der Waals surface area contributed by atoms with Gasteiger partial charge in [0.1, 0.15) is 4.08 Å². The van der Waals surface area contributed by atoms with E-state index >= 15 is 0 Å². The second-order valence-electron chi connectivity index (χ2n) is 5.73. The van der Waals surface area contributed by atoms with Gasteiger partial charge in [0, 0.05) is 5.92 Å². The number of rotatable bonds is 4. The zero-order valence-corrected chi connectivity index (χ0v) is 14.4. The quantitative estimate of drug-likeness (QED) is 0.863. The lowest BCUT2D eigenvalue weighted by molar-refractivity contribution is 0.135. The Balaban J connectivity index is 1.95. The van der Waals surface area contributed by atoms with Crippen LogP contribution in [0, 0.1) is 0 Å². The first-order chi connectivity index (χ1) is 10.7. The molecule has 0 aliphatic carbocycles. The third kappa shape index (κ3) is 3.08. The Labute approximate surface area is 141 Å². The average molecular weight is 331 g/mol. The van der Waals surface area contributed by atoms with Gasteiger partial charge in [0.15, 0.2) is 0 Å². The van der Waals surface area contributed by atoms with Crippen LogP contribution < -0.4 is 0 Å². The van der Waals surface area contributed by atoms with E-state index in [1.807, 2.05) is 35.7 Å². The lowest BCUT2D eigenvalue weighted by atomic mass is 9.90. The largest absolute Gasteiger partial charge is 0.390 e. The minimum atomic E-state index is -0.410. The van der Waals surface area contributed by atoms with Crippen LogP contribution >= 0.6 is 23.5 Å². The van der Waals surface area contributed by atoms with E-state index in [0.717, 1.165) is 11.5 Å². The van der Waals surface area contributed by atoms with Gasteiger partial charge in [-0.05, 0) is 29.1 Å². The number of hydrogen-bond acceptors (Lipinski definition) is 3. The zero-order valence-electron chi connectivity index (χ0n) is 12.8. The summed E-state index contributed by atoms with van der Waals surface area (Å²) in [5, 5.41) is 11.3. The van der Waals surface area contributed by atoms with E-state index in [2.05, 4.69) is 55.5 Å². The van der Waals surface area contributed by atoms with Gasteiger partial charge in [-0.1, -0.05) is 67.6 Å². The highest BCUT2D eigenvalue weighted by molar-refractivity contribution is 8.18. The molecule has 2 aromatic carbocycles. The van der Waals surface area contributed by atoms with Gasteiger partial charge in [-0.15, -0.1) is 23.5 Å². The Hall–Kier alpha value is -0.900. The third-order valence-corrected chi connectivity index (χ3v) is 7.79. The summed E-state index contributed by atoms with van der Waals surface area (Å²) < 4.78 is -0.255.